The van der Waals surface area contributed by atoms with Crippen molar-refractivity contribution in [2.75, 3.05) is 11.3 Å². The number of benzene rings is 1. The van der Waals surface area contributed by atoms with Crippen LogP contribution in [0.25, 0.3) is 0 Å². The predicted octanol–water partition coefficient (Wildman–Crippen LogP) is 2.94. The first-order valence-electron chi connectivity index (χ1n) is 6.52. The van der Waals surface area contributed by atoms with Gasteiger partial charge in [-0.15, -0.1) is 0 Å². The predicted molar refractivity (Wildman–Crippen MR) is 76.7 cm³/mol. The molecule has 2 N–H and O–H groups in total. The Labute approximate surface area is 130 Å². The third kappa shape index (κ3) is 3.76. The number of hydrogen-bond donors (Lipinski definition) is 2. The van der Waals surface area contributed by atoms with Crippen LogP contribution in [0.1, 0.15) is 18.2 Å². The van der Waals surface area contributed by atoms with Crippen molar-refractivity contribution >= 4 is 15.7 Å². The topological polar surface area (TPSA) is 84.1 Å². The Hall–Kier alpha value is -2.23. The van der Waals surface area contributed by atoms with Crippen molar-refractivity contribution in [3.05, 3.63) is 35.7 Å². The summed E-state index contributed by atoms with van der Waals surface area (Å²) in [6.45, 7) is 3.85. The molecule has 1 aromatic carbocycles. The molecule has 6 nitrogen and oxygen atoms in total. The zero-order valence-corrected chi connectivity index (χ0v) is 13.0. The van der Waals surface area contributed by atoms with E-state index in [1.54, 1.807) is 25.0 Å². The van der Waals surface area contributed by atoms with Gasteiger partial charge in [-0.05, 0) is 37.6 Å². The third-order valence-electron chi connectivity index (χ3n) is 2.93. The number of anilines is 1. The van der Waals surface area contributed by atoms with Crippen LogP contribution in [0.5, 0.6) is 5.75 Å². The van der Waals surface area contributed by atoms with Crippen LogP contribution >= 0.6 is 0 Å². The zero-order valence-electron chi connectivity index (χ0n) is 12.2. The molecule has 10 heteroatoms. The summed E-state index contributed by atoms with van der Waals surface area (Å²) in [5.41, 5.74) is -0.757. The van der Waals surface area contributed by atoms with E-state index in [-0.39, 0.29) is 5.69 Å². The monoisotopic (exact) mass is 349 g/mol. The van der Waals surface area contributed by atoms with Crippen molar-refractivity contribution in [1.29, 1.82) is 0 Å². The van der Waals surface area contributed by atoms with Gasteiger partial charge in [0.25, 0.3) is 10.0 Å². The molecule has 0 aliphatic heterocycles. The molecule has 0 radical (unpaired) electrons. The molecule has 0 saturated heterocycles. The Morgan fingerprint density at radius 1 is 1.35 bits per heavy atom. The number of aryl methyl sites for hydroxylation is 1. The Bertz CT molecular complexity index is 800. The molecule has 0 spiro atoms. The van der Waals surface area contributed by atoms with Crippen LogP contribution in [0.15, 0.2) is 29.3 Å². The van der Waals surface area contributed by atoms with Gasteiger partial charge in [0.05, 0.1) is 18.5 Å². The van der Waals surface area contributed by atoms with Gasteiger partial charge in [0, 0.05) is 0 Å². The lowest BCUT2D eigenvalue weighted by Gasteiger charge is -2.13. The fourth-order valence-electron chi connectivity index (χ4n) is 1.89. The summed E-state index contributed by atoms with van der Waals surface area (Å²) >= 11 is 0. The number of rotatable bonds is 5. The van der Waals surface area contributed by atoms with E-state index in [4.69, 9.17) is 4.74 Å². The van der Waals surface area contributed by atoms with Gasteiger partial charge in [0.15, 0.2) is 5.69 Å². The SMILES string of the molecule is CCOc1ccc(NS(=O)(=O)c2cn[nH]c2C(F)(F)F)c(C)c1. The van der Waals surface area contributed by atoms with Crippen molar-refractivity contribution in [3.8, 4) is 5.75 Å². The number of sulfonamides is 1. The lowest BCUT2D eigenvalue weighted by Crippen LogP contribution is -2.18. The molecule has 23 heavy (non-hydrogen) atoms. The van der Waals surface area contributed by atoms with Crippen molar-refractivity contribution in [2.24, 2.45) is 0 Å². The Balaban J connectivity index is 2.34. The Kier molecular flexibility index (Phi) is 4.55. The molecule has 0 amide bonds. The summed E-state index contributed by atoms with van der Waals surface area (Å²) < 4.78 is 70.1. The number of ether oxygens (including phenoxy) is 1. The van der Waals surface area contributed by atoms with Gasteiger partial charge >= 0.3 is 6.18 Å². The molecular weight excluding hydrogens is 335 g/mol. The first-order chi connectivity index (χ1) is 10.6. The molecule has 2 aromatic rings. The van der Waals surface area contributed by atoms with Crippen molar-refractivity contribution in [2.45, 2.75) is 24.9 Å². The van der Waals surface area contributed by atoms with Crippen molar-refractivity contribution in [1.82, 2.24) is 10.2 Å². The quantitative estimate of drug-likeness (QED) is 0.869. The number of nitrogens with zero attached hydrogens (tertiary/aromatic N) is 1. The van der Waals surface area contributed by atoms with Crippen LogP contribution in [0.2, 0.25) is 0 Å². The first-order valence-corrected chi connectivity index (χ1v) is 8.00. The highest BCUT2D eigenvalue weighted by atomic mass is 32.2. The van der Waals surface area contributed by atoms with E-state index < -0.39 is 26.8 Å². The lowest BCUT2D eigenvalue weighted by atomic mass is 10.2. The highest BCUT2D eigenvalue weighted by Gasteiger charge is 2.39. The van der Waals surface area contributed by atoms with Crippen molar-refractivity contribution in [3.63, 3.8) is 0 Å². The van der Waals surface area contributed by atoms with Gasteiger partial charge in [-0.3, -0.25) is 9.82 Å². The number of H-pyrrole nitrogens is 1. The van der Waals surface area contributed by atoms with Crippen LogP contribution in [0.3, 0.4) is 0 Å². The van der Waals surface area contributed by atoms with Crippen LogP contribution < -0.4 is 9.46 Å². The Morgan fingerprint density at radius 2 is 2.04 bits per heavy atom. The number of nitrogens with one attached hydrogen (secondary N) is 2. The molecule has 0 unspecified atom stereocenters. The van der Waals surface area contributed by atoms with Crippen molar-refractivity contribution < 1.29 is 26.3 Å². The average Bonchev–Trinajstić information content (AvgIpc) is 2.92. The maximum atomic E-state index is 12.8. The molecule has 0 atom stereocenters. The zero-order chi connectivity index (χ0) is 17.3. The van der Waals surface area contributed by atoms with Gasteiger partial charge in [0.1, 0.15) is 10.6 Å². The smallest absolute Gasteiger partial charge is 0.434 e. The van der Waals surface area contributed by atoms with Gasteiger partial charge in [-0.25, -0.2) is 8.42 Å². The lowest BCUT2D eigenvalue weighted by molar-refractivity contribution is -0.143. The fraction of sp³-hybridized carbons (Fsp3) is 0.308. The minimum absolute atomic E-state index is 0.155. The summed E-state index contributed by atoms with van der Waals surface area (Å²) in [4.78, 5) is -0.960. The van der Waals surface area contributed by atoms with Gasteiger partial charge in [-0.2, -0.15) is 18.3 Å². The number of halogens is 3. The number of alkyl halides is 3. The molecule has 0 aliphatic rings. The average molecular weight is 349 g/mol. The summed E-state index contributed by atoms with van der Waals surface area (Å²) in [7, 11) is -4.44. The molecule has 126 valence electrons. The van der Waals surface area contributed by atoms with Crippen LogP contribution in [0.4, 0.5) is 18.9 Å². The normalized spacial score (nSPS) is 12.2. The largest absolute Gasteiger partial charge is 0.494 e. The molecule has 0 fully saturated rings. The van der Waals surface area contributed by atoms with E-state index in [0.29, 0.717) is 24.1 Å². The molecule has 0 saturated carbocycles. The number of hydrogen-bond acceptors (Lipinski definition) is 4. The third-order valence-corrected chi connectivity index (χ3v) is 4.31. The molecule has 1 heterocycles. The standard InChI is InChI=1S/C13H14F3N3O3S/c1-3-22-9-4-5-10(8(2)6-9)19-23(20,21)11-7-17-18-12(11)13(14,15)16/h4-7,19H,3H2,1-2H3,(H,17,18). The Morgan fingerprint density at radius 3 is 2.61 bits per heavy atom. The summed E-state index contributed by atoms with van der Waals surface area (Å²) in [5.74, 6) is 0.534. The summed E-state index contributed by atoms with van der Waals surface area (Å²) in [6, 6.07) is 4.53. The minimum Gasteiger partial charge on any atom is -0.494 e. The first kappa shape index (κ1) is 17.1. The van der Waals surface area contributed by atoms with E-state index >= 15 is 0 Å². The van der Waals surface area contributed by atoms with E-state index in [0.717, 1.165) is 0 Å². The second-order valence-electron chi connectivity index (χ2n) is 4.62. The van der Waals surface area contributed by atoms with E-state index in [2.05, 4.69) is 9.82 Å². The molecule has 2 rings (SSSR count). The van der Waals surface area contributed by atoms with Gasteiger partial charge in [-0.1, -0.05) is 0 Å². The molecule has 1 aromatic heterocycles. The van der Waals surface area contributed by atoms with Crippen LogP contribution in [-0.4, -0.2) is 25.2 Å². The summed E-state index contributed by atoms with van der Waals surface area (Å²) in [6.07, 6.45) is -4.23. The summed E-state index contributed by atoms with van der Waals surface area (Å²) in [5, 5.41) is 4.84. The molecular formula is C13H14F3N3O3S. The van der Waals surface area contributed by atoms with E-state index in [1.807, 2.05) is 0 Å². The highest BCUT2D eigenvalue weighted by molar-refractivity contribution is 7.92. The van der Waals surface area contributed by atoms with Gasteiger partial charge < -0.3 is 4.74 Å². The van der Waals surface area contributed by atoms with Crippen LogP contribution in [0, 0.1) is 6.92 Å². The number of aromatic nitrogens is 2. The maximum Gasteiger partial charge on any atom is 0.434 e. The molecule has 0 bridgehead atoms. The molecule has 0 aliphatic carbocycles. The fourth-order valence-corrected chi connectivity index (χ4v) is 3.14. The van der Waals surface area contributed by atoms with Gasteiger partial charge in [0.2, 0.25) is 0 Å². The maximum absolute atomic E-state index is 12.8. The van der Waals surface area contributed by atoms with Crippen LogP contribution in [-0.2, 0) is 16.2 Å². The number of aromatic amines is 1. The second kappa shape index (κ2) is 6.11. The second-order valence-corrected chi connectivity index (χ2v) is 6.27. The van der Waals surface area contributed by atoms with E-state index in [9.17, 15) is 21.6 Å². The minimum atomic E-state index is -4.85. The van der Waals surface area contributed by atoms with E-state index in [1.165, 1.54) is 12.1 Å². The highest BCUT2D eigenvalue weighted by Crippen LogP contribution is 2.33.